The van der Waals surface area contributed by atoms with Gasteiger partial charge in [0.25, 0.3) is 0 Å². The van der Waals surface area contributed by atoms with Crippen LogP contribution in [0.4, 0.5) is 0 Å². The number of carbonyl (C=O) groups excluding carboxylic acids is 2. The lowest BCUT2D eigenvalue weighted by Gasteiger charge is -2.09. The monoisotopic (exact) mass is 412 g/mol. The first kappa shape index (κ1) is 18.3. The molecule has 2 aromatic carbocycles. The SMILES string of the molecule is COc1cc(Br)ccc1OC(=O)CCC(=O)Oc1cccc(Cl)c1. The predicted octanol–water partition coefficient (Wildman–Crippen LogP) is 4.40. The Morgan fingerprint density at radius 3 is 2.38 bits per heavy atom. The Morgan fingerprint density at radius 1 is 1.00 bits per heavy atom. The normalized spacial score (nSPS) is 10.1. The molecule has 0 N–H and O–H groups in total. The van der Waals surface area contributed by atoms with Gasteiger partial charge in [0.05, 0.1) is 20.0 Å². The molecule has 5 nitrogen and oxygen atoms in total. The number of carbonyl (C=O) groups is 2. The number of hydrogen-bond acceptors (Lipinski definition) is 5. The minimum Gasteiger partial charge on any atom is -0.493 e. The van der Waals surface area contributed by atoms with Crippen LogP contribution in [0.25, 0.3) is 0 Å². The summed E-state index contributed by atoms with van der Waals surface area (Å²) in [5.74, 6) is -0.0702. The molecule has 24 heavy (non-hydrogen) atoms. The van der Waals surface area contributed by atoms with E-state index in [2.05, 4.69) is 15.9 Å². The van der Waals surface area contributed by atoms with E-state index in [1.807, 2.05) is 0 Å². The molecule has 0 aliphatic carbocycles. The number of rotatable bonds is 6. The highest BCUT2D eigenvalue weighted by atomic mass is 79.9. The maximum atomic E-state index is 11.9. The molecule has 0 atom stereocenters. The summed E-state index contributed by atoms with van der Waals surface area (Å²) >= 11 is 9.10. The van der Waals surface area contributed by atoms with Crippen LogP contribution in [0.2, 0.25) is 5.02 Å². The summed E-state index contributed by atoms with van der Waals surface area (Å²) in [6.45, 7) is 0. The van der Waals surface area contributed by atoms with Crippen molar-refractivity contribution < 1.29 is 23.8 Å². The van der Waals surface area contributed by atoms with Crippen LogP contribution in [0.5, 0.6) is 17.2 Å². The van der Waals surface area contributed by atoms with Crippen LogP contribution in [0.15, 0.2) is 46.9 Å². The van der Waals surface area contributed by atoms with Crippen LogP contribution >= 0.6 is 27.5 Å². The standard InChI is InChI=1S/C17H14BrClO5/c1-22-15-9-11(18)5-6-14(15)24-17(21)8-7-16(20)23-13-4-2-3-12(19)10-13/h2-6,9-10H,7-8H2,1H3. The van der Waals surface area contributed by atoms with E-state index in [4.69, 9.17) is 25.8 Å². The third kappa shape index (κ3) is 5.54. The van der Waals surface area contributed by atoms with Crippen molar-refractivity contribution in [1.82, 2.24) is 0 Å². The van der Waals surface area contributed by atoms with Crippen molar-refractivity contribution in [2.45, 2.75) is 12.8 Å². The molecule has 0 heterocycles. The highest BCUT2D eigenvalue weighted by molar-refractivity contribution is 9.10. The molecule has 2 rings (SSSR count). The molecule has 0 aliphatic heterocycles. The van der Waals surface area contributed by atoms with E-state index in [0.29, 0.717) is 16.5 Å². The van der Waals surface area contributed by atoms with Crippen molar-refractivity contribution in [3.8, 4) is 17.2 Å². The molecule has 0 radical (unpaired) electrons. The van der Waals surface area contributed by atoms with Gasteiger partial charge in [-0.05, 0) is 36.4 Å². The second-order valence-electron chi connectivity index (χ2n) is 4.70. The van der Waals surface area contributed by atoms with Crippen molar-refractivity contribution in [2.24, 2.45) is 0 Å². The van der Waals surface area contributed by atoms with E-state index in [9.17, 15) is 9.59 Å². The molecular weight excluding hydrogens is 400 g/mol. The molecular formula is C17H14BrClO5. The third-order valence-corrected chi connectivity index (χ3v) is 3.64. The fourth-order valence-corrected chi connectivity index (χ4v) is 2.34. The quantitative estimate of drug-likeness (QED) is 0.519. The number of methoxy groups -OCH3 is 1. The number of hydrogen-bond donors (Lipinski definition) is 0. The van der Waals surface area contributed by atoms with Gasteiger partial charge in [0.2, 0.25) is 0 Å². The van der Waals surface area contributed by atoms with Crippen LogP contribution in [-0.4, -0.2) is 19.0 Å². The van der Waals surface area contributed by atoms with Gasteiger partial charge in [-0.3, -0.25) is 9.59 Å². The molecule has 0 aromatic heterocycles. The molecule has 0 saturated heterocycles. The van der Waals surface area contributed by atoms with Crippen LogP contribution in [0, 0.1) is 0 Å². The van der Waals surface area contributed by atoms with Crippen LogP contribution in [-0.2, 0) is 9.59 Å². The highest BCUT2D eigenvalue weighted by Gasteiger charge is 2.14. The van der Waals surface area contributed by atoms with E-state index in [-0.39, 0.29) is 18.6 Å². The van der Waals surface area contributed by atoms with Gasteiger partial charge in [-0.2, -0.15) is 0 Å². The second kappa shape index (κ2) is 8.70. The Bertz CT molecular complexity index is 748. The number of ether oxygens (including phenoxy) is 3. The Kier molecular flexibility index (Phi) is 6.63. The average Bonchev–Trinajstić information content (AvgIpc) is 2.54. The van der Waals surface area contributed by atoms with Crippen molar-refractivity contribution in [3.05, 3.63) is 52.0 Å². The van der Waals surface area contributed by atoms with Crippen LogP contribution in [0.1, 0.15) is 12.8 Å². The molecule has 0 bridgehead atoms. The fourth-order valence-electron chi connectivity index (χ4n) is 1.82. The van der Waals surface area contributed by atoms with E-state index in [1.54, 1.807) is 36.4 Å². The van der Waals surface area contributed by atoms with Crippen molar-refractivity contribution in [2.75, 3.05) is 7.11 Å². The van der Waals surface area contributed by atoms with Gasteiger partial charge in [0.1, 0.15) is 5.75 Å². The summed E-state index contributed by atoms with van der Waals surface area (Å²) in [7, 11) is 1.47. The van der Waals surface area contributed by atoms with Crippen LogP contribution in [0.3, 0.4) is 0 Å². The Hall–Kier alpha value is -2.05. The van der Waals surface area contributed by atoms with Gasteiger partial charge in [-0.15, -0.1) is 0 Å². The van der Waals surface area contributed by atoms with Gasteiger partial charge in [-0.1, -0.05) is 33.6 Å². The molecule has 0 spiro atoms. The smallest absolute Gasteiger partial charge is 0.311 e. The number of halogens is 2. The summed E-state index contributed by atoms with van der Waals surface area (Å²) in [6.07, 6.45) is -0.219. The summed E-state index contributed by atoms with van der Waals surface area (Å²) in [5.41, 5.74) is 0. The van der Waals surface area contributed by atoms with Gasteiger partial charge in [0.15, 0.2) is 11.5 Å². The lowest BCUT2D eigenvalue weighted by molar-refractivity contribution is -0.140. The predicted molar refractivity (Wildman–Crippen MR) is 92.7 cm³/mol. The largest absolute Gasteiger partial charge is 0.493 e. The minimum absolute atomic E-state index is 0.107. The maximum Gasteiger partial charge on any atom is 0.311 e. The molecule has 0 saturated carbocycles. The van der Waals surface area contributed by atoms with E-state index >= 15 is 0 Å². The van der Waals surface area contributed by atoms with Gasteiger partial charge < -0.3 is 14.2 Å². The van der Waals surface area contributed by atoms with Gasteiger partial charge >= 0.3 is 11.9 Å². The van der Waals surface area contributed by atoms with E-state index < -0.39 is 11.9 Å². The first-order valence-electron chi connectivity index (χ1n) is 6.98. The van der Waals surface area contributed by atoms with Crippen LogP contribution < -0.4 is 14.2 Å². The van der Waals surface area contributed by atoms with E-state index in [1.165, 1.54) is 13.2 Å². The summed E-state index contributed by atoms with van der Waals surface area (Å²) in [5, 5.41) is 0.460. The molecule has 0 amide bonds. The third-order valence-electron chi connectivity index (χ3n) is 2.91. The number of benzene rings is 2. The van der Waals surface area contributed by atoms with E-state index in [0.717, 1.165) is 4.47 Å². The lowest BCUT2D eigenvalue weighted by Crippen LogP contribution is -2.14. The zero-order chi connectivity index (χ0) is 17.5. The first-order valence-corrected chi connectivity index (χ1v) is 8.15. The molecule has 126 valence electrons. The van der Waals surface area contributed by atoms with Crippen molar-refractivity contribution >= 4 is 39.5 Å². The second-order valence-corrected chi connectivity index (χ2v) is 6.05. The van der Waals surface area contributed by atoms with Crippen molar-refractivity contribution in [1.29, 1.82) is 0 Å². The fraction of sp³-hybridized carbons (Fsp3) is 0.176. The topological polar surface area (TPSA) is 61.8 Å². The maximum absolute atomic E-state index is 11.9. The summed E-state index contributed by atoms with van der Waals surface area (Å²) < 4.78 is 16.2. The summed E-state index contributed by atoms with van der Waals surface area (Å²) in [4.78, 5) is 23.6. The highest BCUT2D eigenvalue weighted by Crippen LogP contribution is 2.30. The first-order chi connectivity index (χ1) is 11.5. The Morgan fingerprint density at radius 2 is 1.71 bits per heavy atom. The molecule has 0 unspecified atom stereocenters. The zero-order valence-corrected chi connectivity index (χ0v) is 15.1. The molecule has 2 aromatic rings. The van der Waals surface area contributed by atoms with Gasteiger partial charge in [0, 0.05) is 9.50 Å². The molecule has 0 aliphatic rings. The Labute approximate surface area is 152 Å². The average molecular weight is 414 g/mol. The van der Waals surface area contributed by atoms with Gasteiger partial charge in [-0.25, -0.2) is 0 Å². The summed E-state index contributed by atoms with van der Waals surface area (Å²) in [6, 6.07) is 11.5. The number of esters is 2. The zero-order valence-electron chi connectivity index (χ0n) is 12.8. The van der Waals surface area contributed by atoms with Crippen molar-refractivity contribution in [3.63, 3.8) is 0 Å². The minimum atomic E-state index is -0.557. The lowest BCUT2D eigenvalue weighted by atomic mass is 10.3. The Balaban J connectivity index is 1.86. The molecule has 7 heteroatoms. The molecule has 0 fully saturated rings.